The van der Waals surface area contributed by atoms with Crippen LogP contribution in [-0.4, -0.2) is 49.9 Å². The van der Waals surface area contributed by atoms with Crippen molar-refractivity contribution < 1.29 is 19.0 Å². The van der Waals surface area contributed by atoms with Crippen LogP contribution in [-0.2, 0) is 9.53 Å². The molecule has 2 heterocycles. The summed E-state index contributed by atoms with van der Waals surface area (Å²) >= 11 is 6.25. The summed E-state index contributed by atoms with van der Waals surface area (Å²) in [6.45, 7) is 3.52. The number of piperidine rings is 1. The molecule has 0 aliphatic carbocycles. The van der Waals surface area contributed by atoms with Crippen molar-refractivity contribution in [1.29, 1.82) is 0 Å². The number of benzene rings is 1. The van der Waals surface area contributed by atoms with Gasteiger partial charge in [-0.1, -0.05) is 11.6 Å². The van der Waals surface area contributed by atoms with Gasteiger partial charge in [0.15, 0.2) is 11.6 Å². The van der Waals surface area contributed by atoms with Gasteiger partial charge in [-0.2, -0.15) is 0 Å². The number of carbonyl (C=O) groups excluding carboxylic acids is 1. The average Bonchev–Trinajstić information content (AvgIpc) is 2.76. The molecule has 3 rings (SSSR count). The predicted octanol–water partition coefficient (Wildman–Crippen LogP) is 3.25. The number of ether oxygens (including phenoxy) is 3. The molecule has 1 aliphatic rings. The van der Waals surface area contributed by atoms with Crippen LogP contribution in [0.3, 0.4) is 0 Å². The molecule has 0 atom stereocenters. The molecule has 0 unspecified atom stereocenters. The molecular weight excluding hydrogens is 410 g/mol. The van der Waals surface area contributed by atoms with Gasteiger partial charge in [0.25, 0.3) is 0 Å². The largest absolute Gasteiger partial charge is 0.495 e. The van der Waals surface area contributed by atoms with Crippen LogP contribution in [0.4, 0.5) is 23.0 Å². The number of rotatable bonds is 7. The monoisotopic (exact) mass is 435 g/mol. The van der Waals surface area contributed by atoms with Crippen LogP contribution < -0.4 is 25.4 Å². The molecule has 1 aliphatic heterocycles. The lowest BCUT2D eigenvalue weighted by Gasteiger charge is -2.32. The number of nitrogens with zero attached hydrogens (tertiary/aromatic N) is 3. The summed E-state index contributed by atoms with van der Waals surface area (Å²) in [5, 5.41) is 3.59. The van der Waals surface area contributed by atoms with E-state index in [0.29, 0.717) is 72.1 Å². The summed E-state index contributed by atoms with van der Waals surface area (Å²) in [5.74, 6) is 1.86. The van der Waals surface area contributed by atoms with Gasteiger partial charge >= 0.3 is 5.97 Å². The molecule has 1 saturated heterocycles. The highest BCUT2D eigenvalue weighted by Crippen LogP contribution is 2.39. The van der Waals surface area contributed by atoms with Crippen LogP contribution in [0.25, 0.3) is 0 Å². The van der Waals surface area contributed by atoms with E-state index in [-0.39, 0.29) is 11.9 Å². The van der Waals surface area contributed by atoms with Crippen molar-refractivity contribution in [2.24, 2.45) is 5.92 Å². The van der Waals surface area contributed by atoms with Crippen LogP contribution in [0.5, 0.6) is 11.5 Å². The number of carbonyl (C=O) groups is 1. The first-order chi connectivity index (χ1) is 14.5. The summed E-state index contributed by atoms with van der Waals surface area (Å²) < 4.78 is 15.8. The highest BCUT2D eigenvalue weighted by molar-refractivity contribution is 6.32. The minimum atomic E-state index is -0.140. The Balaban J connectivity index is 1.78. The number of nitrogens with two attached hydrogens (primary N) is 1. The Morgan fingerprint density at radius 1 is 1.23 bits per heavy atom. The maximum Gasteiger partial charge on any atom is 0.309 e. The molecule has 9 nitrogen and oxygen atoms in total. The number of esters is 1. The predicted molar refractivity (Wildman–Crippen MR) is 116 cm³/mol. The lowest BCUT2D eigenvalue weighted by Crippen LogP contribution is -2.37. The third-order valence-corrected chi connectivity index (χ3v) is 5.30. The van der Waals surface area contributed by atoms with E-state index in [4.69, 9.17) is 31.5 Å². The minimum absolute atomic E-state index is 0.0902. The molecule has 1 aromatic carbocycles. The lowest BCUT2D eigenvalue weighted by molar-refractivity contribution is -0.148. The number of aromatic nitrogens is 2. The van der Waals surface area contributed by atoms with E-state index in [1.54, 1.807) is 19.2 Å². The van der Waals surface area contributed by atoms with E-state index in [2.05, 4.69) is 20.2 Å². The molecule has 10 heteroatoms. The van der Waals surface area contributed by atoms with E-state index in [9.17, 15) is 4.79 Å². The molecule has 162 valence electrons. The van der Waals surface area contributed by atoms with Crippen LogP contribution >= 0.6 is 11.6 Å². The number of nitrogens with one attached hydrogen (secondary N) is 1. The SMILES string of the molecule is CCOC(=O)C1CCN(c2ncnc(Nc3cc(Cl)c(OC)cc3OC)c2N)CC1. The fourth-order valence-corrected chi connectivity index (χ4v) is 3.65. The maximum absolute atomic E-state index is 12.0. The van der Waals surface area contributed by atoms with Crippen LogP contribution in [0.1, 0.15) is 19.8 Å². The molecule has 0 saturated carbocycles. The quantitative estimate of drug-likeness (QED) is 0.632. The summed E-state index contributed by atoms with van der Waals surface area (Å²) in [6.07, 6.45) is 2.82. The van der Waals surface area contributed by atoms with Crippen molar-refractivity contribution in [3.63, 3.8) is 0 Å². The van der Waals surface area contributed by atoms with Gasteiger partial charge in [-0.3, -0.25) is 4.79 Å². The first-order valence-electron chi connectivity index (χ1n) is 9.69. The molecule has 1 fully saturated rings. The number of anilines is 4. The third-order valence-electron chi connectivity index (χ3n) is 5.00. The highest BCUT2D eigenvalue weighted by Gasteiger charge is 2.28. The molecule has 0 spiro atoms. The topological polar surface area (TPSA) is 112 Å². The Labute approximate surface area is 180 Å². The number of hydrogen-bond acceptors (Lipinski definition) is 9. The van der Waals surface area contributed by atoms with Crippen molar-refractivity contribution in [2.75, 3.05) is 49.9 Å². The van der Waals surface area contributed by atoms with Gasteiger partial charge in [-0.15, -0.1) is 0 Å². The Morgan fingerprint density at radius 2 is 1.93 bits per heavy atom. The number of nitrogen functional groups attached to an aromatic ring is 1. The standard InChI is InChI=1S/C20H26ClN5O4/c1-4-30-20(27)12-5-7-26(8-6-12)19-17(22)18(23-11-24-19)25-14-9-13(21)15(28-2)10-16(14)29-3/h9-12H,4-8,22H2,1-3H3,(H,23,24,25). The molecule has 30 heavy (non-hydrogen) atoms. The highest BCUT2D eigenvalue weighted by atomic mass is 35.5. The summed E-state index contributed by atoms with van der Waals surface area (Å²) in [4.78, 5) is 22.6. The van der Waals surface area contributed by atoms with Gasteiger partial charge in [-0.05, 0) is 25.8 Å². The molecular formula is C20H26ClN5O4. The fraction of sp³-hybridized carbons (Fsp3) is 0.450. The van der Waals surface area contributed by atoms with Crippen LogP contribution in [0, 0.1) is 5.92 Å². The maximum atomic E-state index is 12.0. The fourth-order valence-electron chi connectivity index (χ4n) is 3.41. The molecule has 1 aromatic heterocycles. The van der Waals surface area contributed by atoms with Gasteiger partial charge < -0.3 is 30.2 Å². The van der Waals surface area contributed by atoms with Crippen molar-refractivity contribution in [3.05, 3.63) is 23.5 Å². The number of hydrogen-bond donors (Lipinski definition) is 2. The number of methoxy groups -OCH3 is 2. The molecule has 2 aromatic rings. The van der Waals surface area contributed by atoms with Gasteiger partial charge in [0, 0.05) is 19.2 Å². The van der Waals surface area contributed by atoms with E-state index < -0.39 is 0 Å². The van der Waals surface area contributed by atoms with Crippen molar-refractivity contribution in [1.82, 2.24) is 9.97 Å². The van der Waals surface area contributed by atoms with Gasteiger partial charge in [0.05, 0.1) is 37.5 Å². The molecule has 0 bridgehead atoms. The Bertz CT molecular complexity index is 903. The first kappa shape index (κ1) is 21.8. The Kier molecular flexibility index (Phi) is 7.04. The number of halogens is 1. The molecule has 0 amide bonds. The second kappa shape index (κ2) is 9.71. The average molecular weight is 436 g/mol. The zero-order chi connectivity index (χ0) is 21.7. The third kappa shape index (κ3) is 4.62. The lowest BCUT2D eigenvalue weighted by atomic mass is 9.97. The van der Waals surface area contributed by atoms with E-state index in [1.165, 1.54) is 13.4 Å². The van der Waals surface area contributed by atoms with Crippen molar-refractivity contribution in [2.45, 2.75) is 19.8 Å². The normalized spacial score (nSPS) is 14.3. The second-order valence-electron chi connectivity index (χ2n) is 6.78. The van der Waals surface area contributed by atoms with Gasteiger partial charge in [0.1, 0.15) is 23.5 Å². The van der Waals surface area contributed by atoms with E-state index in [1.807, 2.05) is 6.92 Å². The van der Waals surface area contributed by atoms with E-state index >= 15 is 0 Å². The van der Waals surface area contributed by atoms with Crippen molar-refractivity contribution >= 4 is 40.6 Å². The zero-order valence-electron chi connectivity index (χ0n) is 17.3. The summed E-state index contributed by atoms with van der Waals surface area (Å²) in [7, 11) is 3.09. The zero-order valence-corrected chi connectivity index (χ0v) is 18.0. The van der Waals surface area contributed by atoms with Gasteiger partial charge in [-0.25, -0.2) is 9.97 Å². The van der Waals surface area contributed by atoms with Crippen molar-refractivity contribution in [3.8, 4) is 11.5 Å². The molecule has 0 radical (unpaired) electrons. The summed E-state index contributed by atoms with van der Waals surface area (Å²) in [6, 6.07) is 3.37. The smallest absolute Gasteiger partial charge is 0.309 e. The van der Waals surface area contributed by atoms with E-state index in [0.717, 1.165) is 0 Å². The molecule has 3 N–H and O–H groups in total. The second-order valence-corrected chi connectivity index (χ2v) is 7.19. The summed E-state index contributed by atoms with van der Waals surface area (Å²) in [5.41, 5.74) is 7.37. The Hall–Kier alpha value is -2.94. The van der Waals surface area contributed by atoms with Gasteiger partial charge in [0.2, 0.25) is 0 Å². The van der Waals surface area contributed by atoms with Crippen LogP contribution in [0.2, 0.25) is 5.02 Å². The van der Waals surface area contributed by atoms with Crippen LogP contribution in [0.15, 0.2) is 18.5 Å². The Morgan fingerprint density at radius 3 is 2.57 bits per heavy atom. The first-order valence-corrected chi connectivity index (χ1v) is 10.1. The minimum Gasteiger partial charge on any atom is -0.495 e.